The van der Waals surface area contributed by atoms with E-state index in [2.05, 4.69) is 0 Å². The zero-order valence-corrected chi connectivity index (χ0v) is 17.5. The highest BCUT2D eigenvalue weighted by Gasteiger charge is 2.48. The smallest absolute Gasteiger partial charge is 0.329 e. The van der Waals surface area contributed by atoms with Crippen molar-refractivity contribution < 1.29 is 27.6 Å². The first kappa shape index (κ1) is 20.7. The molecule has 0 bridgehead atoms. The molecule has 0 aliphatic carbocycles. The molecule has 1 saturated heterocycles. The number of amides is 2. The highest BCUT2D eigenvalue weighted by atomic mass is 35.5. The van der Waals surface area contributed by atoms with E-state index < -0.39 is 33.0 Å². The summed E-state index contributed by atoms with van der Waals surface area (Å²) in [6.45, 7) is 1.51. The van der Waals surface area contributed by atoms with Crippen LogP contribution in [0.25, 0.3) is 0 Å². The van der Waals surface area contributed by atoms with Gasteiger partial charge in [0.15, 0.2) is 0 Å². The molecule has 0 atom stereocenters. The van der Waals surface area contributed by atoms with E-state index in [1.807, 2.05) is 0 Å². The molecular formula is C15H11Cl4NO6S. The van der Waals surface area contributed by atoms with Crippen LogP contribution in [0.15, 0.2) is 0 Å². The first-order chi connectivity index (χ1) is 12.4. The number of fused-ring (bicyclic) bond motifs is 1. The van der Waals surface area contributed by atoms with Crippen LogP contribution in [0.2, 0.25) is 20.1 Å². The summed E-state index contributed by atoms with van der Waals surface area (Å²) in [5.74, 6) is -3.31. The minimum atomic E-state index is -3.22. The van der Waals surface area contributed by atoms with E-state index in [1.54, 1.807) is 0 Å². The van der Waals surface area contributed by atoms with Crippen molar-refractivity contribution in [3.05, 3.63) is 31.2 Å². The molecule has 146 valence electrons. The molecule has 0 N–H and O–H groups in total. The van der Waals surface area contributed by atoms with Crippen molar-refractivity contribution in [2.75, 3.05) is 11.5 Å². The zero-order valence-electron chi connectivity index (χ0n) is 13.6. The number of hydrogen-bond acceptors (Lipinski definition) is 6. The van der Waals surface area contributed by atoms with Crippen LogP contribution in [0.3, 0.4) is 0 Å². The fourth-order valence-corrected chi connectivity index (χ4v) is 5.54. The third-order valence-corrected chi connectivity index (χ3v) is 8.11. The highest BCUT2D eigenvalue weighted by Crippen LogP contribution is 2.45. The van der Waals surface area contributed by atoms with Crippen molar-refractivity contribution >= 4 is 74.0 Å². The lowest BCUT2D eigenvalue weighted by molar-refractivity contribution is -0.180. The second kappa shape index (κ2) is 6.77. The Morgan fingerprint density at radius 3 is 1.74 bits per heavy atom. The van der Waals surface area contributed by atoms with E-state index in [0.29, 0.717) is 0 Å². The number of hydrogen-bond donors (Lipinski definition) is 0. The third kappa shape index (κ3) is 3.31. The number of nitrogens with zero attached hydrogens (tertiary/aromatic N) is 1. The maximum Gasteiger partial charge on any atom is 0.339 e. The number of sulfone groups is 1. The van der Waals surface area contributed by atoms with Crippen molar-refractivity contribution in [2.45, 2.75) is 19.8 Å². The quantitative estimate of drug-likeness (QED) is 0.369. The van der Waals surface area contributed by atoms with Crippen molar-refractivity contribution in [3.8, 4) is 0 Å². The summed E-state index contributed by atoms with van der Waals surface area (Å²) in [4.78, 5) is 42.7. The van der Waals surface area contributed by atoms with Gasteiger partial charge in [-0.3, -0.25) is 9.59 Å². The molecular weight excluding hydrogens is 464 g/mol. The van der Waals surface area contributed by atoms with E-state index >= 15 is 0 Å². The molecule has 0 radical (unpaired) electrons. The van der Waals surface area contributed by atoms with Crippen LogP contribution < -0.4 is 0 Å². The van der Waals surface area contributed by atoms with Gasteiger partial charge in [0.1, 0.15) is 9.84 Å². The maximum atomic E-state index is 12.6. The van der Waals surface area contributed by atoms with E-state index in [0.717, 1.165) is 0 Å². The molecule has 2 aliphatic rings. The molecule has 27 heavy (non-hydrogen) atoms. The van der Waals surface area contributed by atoms with Crippen LogP contribution in [0.4, 0.5) is 0 Å². The number of benzene rings is 1. The molecule has 2 heterocycles. The monoisotopic (exact) mass is 473 g/mol. The number of carbonyl (C=O) groups excluding carboxylic acids is 3. The SMILES string of the molecule is CC1(C(=O)ON2C(=O)c3c(Cl)c(Cl)c(Cl)c(Cl)c3C2=O)CCS(=O)(=O)CC1. The molecule has 3 rings (SSSR count). The number of imide groups is 1. The summed E-state index contributed by atoms with van der Waals surface area (Å²) in [6, 6.07) is 0. The van der Waals surface area contributed by atoms with Crippen LogP contribution in [-0.2, 0) is 19.5 Å². The predicted molar refractivity (Wildman–Crippen MR) is 99.1 cm³/mol. The summed E-state index contributed by atoms with van der Waals surface area (Å²) < 4.78 is 23.1. The molecule has 1 aromatic carbocycles. The zero-order chi connectivity index (χ0) is 20.3. The van der Waals surface area contributed by atoms with E-state index in [-0.39, 0.29) is 60.6 Å². The van der Waals surface area contributed by atoms with Gasteiger partial charge < -0.3 is 4.84 Å². The number of hydroxylamine groups is 2. The third-order valence-electron chi connectivity index (χ3n) is 4.66. The second-order valence-electron chi connectivity index (χ2n) is 6.50. The normalized spacial score (nSPS) is 20.6. The second-order valence-corrected chi connectivity index (χ2v) is 10.3. The summed E-state index contributed by atoms with van der Waals surface area (Å²) in [5.41, 5.74) is -1.79. The number of carbonyl (C=O) groups is 3. The highest BCUT2D eigenvalue weighted by molar-refractivity contribution is 7.91. The Labute approximate surface area is 174 Å². The Balaban J connectivity index is 1.91. The molecule has 0 saturated carbocycles. The first-order valence-corrected chi connectivity index (χ1v) is 10.9. The van der Waals surface area contributed by atoms with Gasteiger partial charge in [0.05, 0.1) is 48.1 Å². The van der Waals surface area contributed by atoms with Crippen LogP contribution >= 0.6 is 46.4 Å². The standard InChI is InChI=1S/C15H11Cl4NO6S/c1-15(2-4-27(24,25)5-3-15)14(23)26-20-12(21)6-7(13(20)22)9(17)11(19)10(18)8(6)16/h2-5H2,1H3. The lowest BCUT2D eigenvalue weighted by atomic mass is 9.84. The van der Waals surface area contributed by atoms with Gasteiger partial charge in [-0.2, -0.15) is 0 Å². The fourth-order valence-electron chi connectivity index (χ4n) is 2.80. The molecule has 7 nitrogen and oxygen atoms in total. The van der Waals surface area contributed by atoms with Gasteiger partial charge in [0.2, 0.25) is 0 Å². The van der Waals surface area contributed by atoms with Crippen molar-refractivity contribution in [3.63, 3.8) is 0 Å². The molecule has 2 aliphatic heterocycles. The van der Waals surface area contributed by atoms with Crippen molar-refractivity contribution in [1.29, 1.82) is 0 Å². The number of rotatable bonds is 2. The lowest BCUT2D eigenvalue weighted by Crippen LogP contribution is -2.43. The molecule has 0 unspecified atom stereocenters. The Bertz CT molecular complexity index is 945. The van der Waals surface area contributed by atoms with Crippen LogP contribution in [0.5, 0.6) is 0 Å². The van der Waals surface area contributed by atoms with Gasteiger partial charge in [-0.1, -0.05) is 51.5 Å². The van der Waals surface area contributed by atoms with Gasteiger partial charge >= 0.3 is 5.97 Å². The molecule has 1 aromatic rings. The molecule has 2 amide bonds. The van der Waals surface area contributed by atoms with Gasteiger partial charge in [0.25, 0.3) is 11.8 Å². The Morgan fingerprint density at radius 2 is 1.33 bits per heavy atom. The van der Waals surface area contributed by atoms with E-state index in [9.17, 15) is 22.8 Å². The Hall–Kier alpha value is -1.06. The molecule has 0 spiro atoms. The summed E-state index contributed by atoms with van der Waals surface area (Å²) in [6.07, 6.45) is 0.0208. The average Bonchev–Trinajstić information content (AvgIpc) is 2.85. The van der Waals surface area contributed by atoms with Gasteiger partial charge in [-0.25, -0.2) is 13.2 Å². The maximum absolute atomic E-state index is 12.6. The van der Waals surface area contributed by atoms with Crippen LogP contribution in [-0.4, -0.2) is 42.8 Å². The van der Waals surface area contributed by atoms with Crippen LogP contribution in [0.1, 0.15) is 40.5 Å². The van der Waals surface area contributed by atoms with Gasteiger partial charge in [0, 0.05) is 0 Å². The lowest BCUT2D eigenvalue weighted by Gasteiger charge is -2.31. The van der Waals surface area contributed by atoms with Gasteiger partial charge in [-0.15, -0.1) is 0 Å². The minimum Gasteiger partial charge on any atom is -0.329 e. The summed E-state index contributed by atoms with van der Waals surface area (Å²) >= 11 is 23.8. The van der Waals surface area contributed by atoms with Crippen molar-refractivity contribution in [1.82, 2.24) is 5.06 Å². The van der Waals surface area contributed by atoms with E-state index in [4.69, 9.17) is 51.2 Å². The van der Waals surface area contributed by atoms with Crippen LogP contribution in [0, 0.1) is 5.41 Å². The van der Waals surface area contributed by atoms with E-state index in [1.165, 1.54) is 6.92 Å². The molecule has 1 fully saturated rings. The Morgan fingerprint density at radius 1 is 0.926 bits per heavy atom. The summed E-state index contributed by atoms with van der Waals surface area (Å²) in [5, 5.41) is -0.742. The largest absolute Gasteiger partial charge is 0.339 e. The first-order valence-electron chi connectivity index (χ1n) is 7.57. The Kier molecular flexibility index (Phi) is 5.18. The molecule has 0 aromatic heterocycles. The summed E-state index contributed by atoms with van der Waals surface area (Å²) in [7, 11) is -3.22. The number of halogens is 4. The molecule has 12 heteroatoms. The topological polar surface area (TPSA) is 97.8 Å². The fraction of sp³-hybridized carbons (Fsp3) is 0.400. The van der Waals surface area contributed by atoms with Gasteiger partial charge in [-0.05, 0) is 19.8 Å². The van der Waals surface area contributed by atoms with Crippen molar-refractivity contribution in [2.24, 2.45) is 5.41 Å². The minimum absolute atomic E-state index is 0.0104. The predicted octanol–water partition coefficient (Wildman–Crippen LogP) is 3.57. The average molecular weight is 475 g/mol.